The lowest BCUT2D eigenvalue weighted by molar-refractivity contribution is -0.137. The molecular formula is C14H18F3N7O. The summed E-state index contributed by atoms with van der Waals surface area (Å²) >= 11 is 0. The van der Waals surface area contributed by atoms with E-state index < -0.39 is 17.8 Å². The van der Waals surface area contributed by atoms with E-state index in [4.69, 9.17) is 0 Å². The van der Waals surface area contributed by atoms with E-state index in [1.165, 1.54) is 18.8 Å². The second-order valence-corrected chi connectivity index (χ2v) is 5.23. The lowest BCUT2D eigenvalue weighted by atomic mass is 10.3. The third kappa shape index (κ3) is 3.98. The van der Waals surface area contributed by atoms with Crippen LogP contribution >= 0.6 is 0 Å². The monoisotopic (exact) mass is 357 g/mol. The molecule has 2 aromatic rings. The van der Waals surface area contributed by atoms with Gasteiger partial charge in [-0.05, 0) is 13.8 Å². The van der Waals surface area contributed by atoms with Crippen LogP contribution in [-0.4, -0.2) is 39.8 Å². The normalized spacial score (nSPS) is 12.6. The maximum absolute atomic E-state index is 12.9. The summed E-state index contributed by atoms with van der Waals surface area (Å²) in [6.07, 6.45) is -2.29. The Labute approximate surface area is 141 Å². The maximum Gasteiger partial charge on any atom is 0.421 e. The van der Waals surface area contributed by atoms with Crippen molar-refractivity contribution in [2.75, 3.05) is 24.7 Å². The third-order valence-electron chi connectivity index (χ3n) is 3.52. The lowest BCUT2D eigenvalue weighted by Crippen LogP contribution is -2.28. The zero-order valence-corrected chi connectivity index (χ0v) is 14.1. The molecule has 0 fully saturated rings. The fourth-order valence-electron chi connectivity index (χ4n) is 2.09. The molecule has 25 heavy (non-hydrogen) atoms. The predicted molar refractivity (Wildman–Crippen MR) is 85.6 cm³/mol. The molecule has 1 atom stereocenters. The maximum atomic E-state index is 12.9. The molecule has 0 aromatic carbocycles. The molecule has 0 aliphatic carbocycles. The average Bonchev–Trinajstić information content (AvgIpc) is 2.92. The number of halogens is 3. The molecule has 0 aliphatic rings. The second kappa shape index (κ2) is 6.95. The Balaban J connectivity index is 2.28. The van der Waals surface area contributed by atoms with Crippen LogP contribution in [-0.2, 0) is 11.0 Å². The van der Waals surface area contributed by atoms with Crippen molar-refractivity contribution in [3.8, 4) is 0 Å². The lowest BCUT2D eigenvalue weighted by Gasteiger charge is -2.12. The number of hydrogen-bond acceptors (Lipinski definition) is 6. The fourth-order valence-corrected chi connectivity index (χ4v) is 2.09. The number of amides is 1. The van der Waals surface area contributed by atoms with Crippen molar-refractivity contribution >= 4 is 23.4 Å². The number of likely N-dealkylation sites (N-methyl/N-ethyl adjacent to an activating group) is 1. The van der Waals surface area contributed by atoms with Crippen molar-refractivity contribution in [1.82, 2.24) is 25.1 Å². The standard InChI is InChI=1S/C14H18F3N7O/c1-7-10(6-24(23-7)8(2)12(25)19-4)21-13-20-5-9(14(15,16)17)11(18-3)22-13/h5-6,8H,1-4H3,(H,19,25)(H2,18,20,21,22). The number of carbonyl (C=O) groups excluding carboxylic acids is 1. The second-order valence-electron chi connectivity index (χ2n) is 5.23. The van der Waals surface area contributed by atoms with Crippen molar-refractivity contribution in [3.63, 3.8) is 0 Å². The molecule has 2 heterocycles. The number of anilines is 3. The summed E-state index contributed by atoms with van der Waals surface area (Å²) in [5, 5.41) is 12.0. The molecule has 0 saturated carbocycles. The molecule has 3 N–H and O–H groups in total. The smallest absolute Gasteiger partial charge is 0.372 e. The Morgan fingerprint density at radius 2 is 2.00 bits per heavy atom. The Kier molecular flexibility index (Phi) is 5.14. The molecule has 136 valence electrons. The van der Waals surface area contributed by atoms with Crippen LogP contribution < -0.4 is 16.0 Å². The van der Waals surface area contributed by atoms with Gasteiger partial charge in [0.05, 0.1) is 11.4 Å². The minimum absolute atomic E-state index is 0.0207. The summed E-state index contributed by atoms with van der Waals surface area (Å²) in [5.41, 5.74) is 0.0732. The molecule has 2 rings (SSSR count). The van der Waals surface area contributed by atoms with Crippen LogP contribution in [0.4, 0.5) is 30.6 Å². The highest BCUT2D eigenvalue weighted by Crippen LogP contribution is 2.33. The summed E-state index contributed by atoms with van der Waals surface area (Å²) in [7, 11) is 2.86. The van der Waals surface area contributed by atoms with E-state index in [1.54, 1.807) is 20.0 Å². The summed E-state index contributed by atoms with van der Waals surface area (Å²) in [5.74, 6) is -0.585. The van der Waals surface area contributed by atoms with Gasteiger partial charge in [0.1, 0.15) is 17.4 Å². The highest BCUT2D eigenvalue weighted by molar-refractivity contribution is 5.79. The van der Waals surface area contributed by atoms with Crippen LogP contribution in [0.3, 0.4) is 0 Å². The highest BCUT2D eigenvalue weighted by atomic mass is 19.4. The van der Waals surface area contributed by atoms with Gasteiger partial charge in [-0.3, -0.25) is 9.48 Å². The van der Waals surface area contributed by atoms with Crippen LogP contribution in [0.5, 0.6) is 0 Å². The van der Waals surface area contributed by atoms with Gasteiger partial charge >= 0.3 is 6.18 Å². The predicted octanol–water partition coefficient (Wildman–Crippen LogP) is 2.09. The summed E-state index contributed by atoms with van der Waals surface area (Å²) < 4.78 is 40.0. The van der Waals surface area contributed by atoms with Crippen molar-refractivity contribution in [2.24, 2.45) is 0 Å². The number of rotatable bonds is 5. The molecule has 0 aliphatic heterocycles. The SMILES string of the molecule is CNC(=O)C(C)n1cc(Nc2ncc(C(F)(F)F)c(NC)n2)c(C)n1. The number of aromatic nitrogens is 4. The van der Waals surface area contributed by atoms with Gasteiger partial charge in [-0.1, -0.05) is 0 Å². The zero-order valence-electron chi connectivity index (χ0n) is 14.1. The molecule has 1 unspecified atom stereocenters. The highest BCUT2D eigenvalue weighted by Gasteiger charge is 2.35. The first kappa shape index (κ1) is 18.5. The van der Waals surface area contributed by atoms with Crippen LogP contribution in [0.25, 0.3) is 0 Å². The van der Waals surface area contributed by atoms with E-state index in [1.807, 2.05) is 0 Å². The molecule has 0 spiro atoms. The van der Waals surface area contributed by atoms with Crippen LogP contribution in [0.2, 0.25) is 0 Å². The van der Waals surface area contributed by atoms with Gasteiger partial charge in [0.25, 0.3) is 0 Å². The Bertz CT molecular complexity index is 772. The quantitative estimate of drug-likeness (QED) is 0.758. The molecule has 0 saturated heterocycles. The number of nitrogens with zero attached hydrogens (tertiary/aromatic N) is 4. The van der Waals surface area contributed by atoms with E-state index in [-0.39, 0.29) is 17.7 Å². The van der Waals surface area contributed by atoms with Gasteiger partial charge in [0.2, 0.25) is 11.9 Å². The van der Waals surface area contributed by atoms with E-state index >= 15 is 0 Å². The number of alkyl halides is 3. The first-order valence-corrected chi connectivity index (χ1v) is 7.33. The van der Waals surface area contributed by atoms with Crippen molar-refractivity contribution in [1.29, 1.82) is 0 Å². The van der Waals surface area contributed by atoms with E-state index in [2.05, 4.69) is 31.0 Å². The fraction of sp³-hybridized carbons (Fsp3) is 0.429. The first-order valence-electron chi connectivity index (χ1n) is 7.33. The van der Waals surface area contributed by atoms with Crippen LogP contribution in [0, 0.1) is 6.92 Å². The molecule has 2 aromatic heterocycles. The van der Waals surface area contributed by atoms with E-state index in [0.29, 0.717) is 17.6 Å². The number of hydrogen-bond donors (Lipinski definition) is 3. The van der Waals surface area contributed by atoms with Gasteiger partial charge in [-0.25, -0.2) is 4.98 Å². The Morgan fingerprint density at radius 1 is 1.32 bits per heavy atom. The van der Waals surface area contributed by atoms with Crippen LogP contribution in [0.15, 0.2) is 12.4 Å². The number of aryl methyl sites for hydroxylation is 1. The van der Waals surface area contributed by atoms with E-state index in [0.717, 1.165) is 0 Å². The summed E-state index contributed by atoms with van der Waals surface area (Å²) in [4.78, 5) is 19.2. The Morgan fingerprint density at radius 3 is 2.56 bits per heavy atom. The van der Waals surface area contributed by atoms with Gasteiger partial charge in [-0.15, -0.1) is 0 Å². The first-order chi connectivity index (χ1) is 11.7. The van der Waals surface area contributed by atoms with Gasteiger partial charge in [0.15, 0.2) is 0 Å². The molecule has 8 nitrogen and oxygen atoms in total. The largest absolute Gasteiger partial charge is 0.421 e. The average molecular weight is 357 g/mol. The van der Waals surface area contributed by atoms with Crippen LogP contribution in [0.1, 0.15) is 24.2 Å². The molecule has 0 radical (unpaired) electrons. The van der Waals surface area contributed by atoms with Crippen molar-refractivity contribution in [3.05, 3.63) is 23.7 Å². The van der Waals surface area contributed by atoms with Gasteiger partial charge in [-0.2, -0.15) is 23.3 Å². The van der Waals surface area contributed by atoms with Crippen molar-refractivity contribution in [2.45, 2.75) is 26.1 Å². The Hall–Kier alpha value is -2.85. The minimum atomic E-state index is -4.55. The number of nitrogens with one attached hydrogen (secondary N) is 3. The van der Waals surface area contributed by atoms with Gasteiger partial charge in [0, 0.05) is 26.5 Å². The minimum Gasteiger partial charge on any atom is -0.372 e. The topological polar surface area (TPSA) is 96.8 Å². The summed E-state index contributed by atoms with van der Waals surface area (Å²) in [6.45, 7) is 3.36. The van der Waals surface area contributed by atoms with E-state index in [9.17, 15) is 18.0 Å². The zero-order chi connectivity index (χ0) is 18.8. The van der Waals surface area contributed by atoms with Gasteiger partial charge < -0.3 is 16.0 Å². The van der Waals surface area contributed by atoms with Crippen molar-refractivity contribution < 1.29 is 18.0 Å². The summed E-state index contributed by atoms with van der Waals surface area (Å²) in [6, 6.07) is -0.541. The third-order valence-corrected chi connectivity index (χ3v) is 3.52. The number of carbonyl (C=O) groups is 1. The molecule has 11 heteroatoms. The molecular weight excluding hydrogens is 339 g/mol. The molecule has 0 bridgehead atoms. The molecule has 1 amide bonds.